The number of carbonyl (C=O) groups is 2. The van der Waals surface area contributed by atoms with Crippen molar-refractivity contribution >= 4 is 17.5 Å². The fraction of sp³-hybridized carbons (Fsp3) is 0.556. The number of carbonyl (C=O) groups excluding carboxylic acids is 2. The van der Waals surface area contributed by atoms with E-state index in [1.54, 1.807) is 4.90 Å². The van der Waals surface area contributed by atoms with Crippen LogP contribution in [0.1, 0.15) is 12.8 Å². The van der Waals surface area contributed by atoms with Gasteiger partial charge in [0.05, 0.1) is 25.4 Å². The fourth-order valence-corrected chi connectivity index (χ4v) is 3.05. The molecule has 0 aromatic heterocycles. The Balaban J connectivity index is 1.39. The van der Waals surface area contributed by atoms with Crippen LogP contribution in [0.15, 0.2) is 24.3 Å². The van der Waals surface area contributed by atoms with E-state index in [9.17, 15) is 9.59 Å². The van der Waals surface area contributed by atoms with Crippen molar-refractivity contribution in [3.63, 3.8) is 0 Å². The van der Waals surface area contributed by atoms with Gasteiger partial charge in [0.25, 0.3) is 0 Å². The van der Waals surface area contributed by atoms with E-state index in [-0.39, 0.29) is 24.7 Å². The average Bonchev–Trinajstić information content (AvgIpc) is 2.66. The van der Waals surface area contributed by atoms with Crippen molar-refractivity contribution in [2.75, 3.05) is 57.4 Å². The van der Waals surface area contributed by atoms with E-state index in [2.05, 4.69) is 10.2 Å². The zero-order valence-corrected chi connectivity index (χ0v) is 14.4. The molecule has 7 heteroatoms. The monoisotopic (exact) mass is 347 g/mol. The van der Waals surface area contributed by atoms with Crippen LogP contribution in [-0.2, 0) is 14.3 Å². The van der Waals surface area contributed by atoms with Crippen LogP contribution in [0.5, 0.6) is 5.75 Å². The second-order valence-electron chi connectivity index (χ2n) is 6.17. The van der Waals surface area contributed by atoms with Gasteiger partial charge in [0.15, 0.2) is 0 Å². The zero-order valence-electron chi connectivity index (χ0n) is 14.4. The molecule has 0 atom stereocenters. The minimum absolute atomic E-state index is 0.0425. The first-order valence-corrected chi connectivity index (χ1v) is 8.83. The Bertz CT molecular complexity index is 602. The first kappa shape index (κ1) is 17.7. The summed E-state index contributed by atoms with van der Waals surface area (Å²) in [6.45, 7) is 5.75. The molecule has 0 bridgehead atoms. The number of morpholine rings is 1. The third kappa shape index (κ3) is 4.93. The molecule has 25 heavy (non-hydrogen) atoms. The Morgan fingerprint density at radius 1 is 1.04 bits per heavy atom. The molecule has 7 nitrogen and oxygen atoms in total. The molecule has 1 N–H and O–H groups in total. The molecule has 2 heterocycles. The Labute approximate surface area is 147 Å². The number of para-hydroxylation sites is 2. The molecule has 0 saturated carbocycles. The van der Waals surface area contributed by atoms with Crippen LogP contribution < -0.4 is 15.0 Å². The summed E-state index contributed by atoms with van der Waals surface area (Å²) in [5.41, 5.74) is 0.784. The number of amides is 2. The second kappa shape index (κ2) is 8.82. The van der Waals surface area contributed by atoms with Gasteiger partial charge in [0, 0.05) is 39.0 Å². The molecular formula is C18H25N3O4. The van der Waals surface area contributed by atoms with E-state index in [1.807, 2.05) is 24.3 Å². The van der Waals surface area contributed by atoms with Gasteiger partial charge in [-0.2, -0.15) is 0 Å². The number of hydrogen-bond acceptors (Lipinski definition) is 5. The predicted molar refractivity (Wildman–Crippen MR) is 93.8 cm³/mol. The normalized spacial score (nSPS) is 17.5. The quantitative estimate of drug-likeness (QED) is 0.818. The number of nitrogens with zero attached hydrogens (tertiary/aromatic N) is 2. The van der Waals surface area contributed by atoms with Gasteiger partial charge in [-0.25, -0.2) is 0 Å². The van der Waals surface area contributed by atoms with Crippen molar-refractivity contribution in [1.29, 1.82) is 0 Å². The topological polar surface area (TPSA) is 71.1 Å². The lowest BCUT2D eigenvalue weighted by atomic mass is 10.2. The highest BCUT2D eigenvalue weighted by molar-refractivity contribution is 5.97. The van der Waals surface area contributed by atoms with E-state index in [0.29, 0.717) is 19.7 Å². The minimum Gasteiger partial charge on any atom is -0.490 e. The summed E-state index contributed by atoms with van der Waals surface area (Å²) in [7, 11) is 0. The Hall–Kier alpha value is -2.12. The van der Waals surface area contributed by atoms with E-state index in [4.69, 9.17) is 9.47 Å². The highest BCUT2D eigenvalue weighted by Gasteiger charge is 2.23. The Morgan fingerprint density at radius 2 is 1.84 bits per heavy atom. The minimum atomic E-state index is -0.0804. The smallest absolute Gasteiger partial charge is 0.227 e. The number of hydrogen-bond donors (Lipinski definition) is 1. The molecule has 1 saturated heterocycles. The first-order valence-electron chi connectivity index (χ1n) is 8.83. The third-order valence-electron chi connectivity index (χ3n) is 4.45. The van der Waals surface area contributed by atoms with Gasteiger partial charge >= 0.3 is 0 Å². The Kier molecular flexibility index (Phi) is 6.25. The molecular weight excluding hydrogens is 322 g/mol. The number of ether oxygens (including phenoxy) is 2. The maximum Gasteiger partial charge on any atom is 0.227 e. The summed E-state index contributed by atoms with van der Waals surface area (Å²) in [6.07, 6.45) is 0.416. The molecule has 2 aliphatic rings. The van der Waals surface area contributed by atoms with Crippen LogP contribution in [0.25, 0.3) is 0 Å². The van der Waals surface area contributed by atoms with E-state index >= 15 is 0 Å². The number of nitrogens with one attached hydrogen (secondary N) is 1. The molecule has 2 amide bonds. The van der Waals surface area contributed by atoms with Crippen LogP contribution in [0.3, 0.4) is 0 Å². The number of anilines is 1. The summed E-state index contributed by atoms with van der Waals surface area (Å²) >= 11 is 0. The van der Waals surface area contributed by atoms with E-state index in [1.165, 1.54) is 0 Å². The van der Waals surface area contributed by atoms with Crippen LogP contribution in [0, 0.1) is 0 Å². The molecule has 0 radical (unpaired) electrons. The second-order valence-corrected chi connectivity index (χ2v) is 6.17. The van der Waals surface area contributed by atoms with Crippen molar-refractivity contribution < 1.29 is 19.1 Å². The summed E-state index contributed by atoms with van der Waals surface area (Å²) in [4.78, 5) is 28.4. The summed E-state index contributed by atoms with van der Waals surface area (Å²) in [6, 6.07) is 7.49. The summed E-state index contributed by atoms with van der Waals surface area (Å²) in [5.74, 6) is 0.597. The van der Waals surface area contributed by atoms with Crippen molar-refractivity contribution in [1.82, 2.24) is 10.2 Å². The van der Waals surface area contributed by atoms with Crippen molar-refractivity contribution in [2.24, 2.45) is 0 Å². The van der Waals surface area contributed by atoms with Gasteiger partial charge in [-0.05, 0) is 12.1 Å². The third-order valence-corrected chi connectivity index (χ3v) is 4.45. The van der Waals surface area contributed by atoms with Crippen LogP contribution in [0.2, 0.25) is 0 Å². The molecule has 1 fully saturated rings. The average molecular weight is 347 g/mol. The largest absolute Gasteiger partial charge is 0.490 e. The standard InChI is InChI=1S/C18H25N3O4/c22-17(19-7-8-20-9-12-24-13-10-20)5-6-18(23)21-11-14-25-16-4-2-1-3-15(16)21/h1-4H,5-14H2,(H,19,22). The fourth-order valence-electron chi connectivity index (χ4n) is 3.05. The van der Waals surface area contributed by atoms with Gasteiger partial charge < -0.3 is 19.7 Å². The first-order chi connectivity index (χ1) is 12.2. The van der Waals surface area contributed by atoms with Gasteiger partial charge in [-0.3, -0.25) is 14.5 Å². The maximum absolute atomic E-state index is 12.5. The molecule has 1 aromatic carbocycles. The highest BCUT2D eigenvalue weighted by atomic mass is 16.5. The summed E-state index contributed by atoms with van der Waals surface area (Å²) in [5, 5.41) is 2.89. The lowest BCUT2D eigenvalue weighted by molar-refractivity contribution is -0.125. The van der Waals surface area contributed by atoms with Crippen molar-refractivity contribution in [2.45, 2.75) is 12.8 Å². The number of fused-ring (bicyclic) bond motifs is 1. The Morgan fingerprint density at radius 3 is 2.68 bits per heavy atom. The van der Waals surface area contributed by atoms with Crippen LogP contribution >= 0.6 is 0 Å². The molecule has 1 aromatic rings. The summed E-state index contributed by atoms with van der Waals surface area (Å²) < 4.78 is 10.8. The van der Waals surface area contributed by atoms with Gasteiger partial charge in [-0.15, -0.1) is 0 Å². The zero-order chi connectivity index (χ0) is 17.5. The lowest BCUT2D eigenvalue weighted by Gasteiger charge is -2.29. The van der Waals surface area contributed by atoms with Crippen molar-refractivity contribution in [3.05, 3.63) is 24.3 Å². The van der Waals surface area contributed by atoms with Crippen LogP contribution in [0.4, 0.5) is 5.69 Å². The molecule has 3 rings (SSSR count). The maximum atomic E-state index is 12.5. The molecule has 2 aliphatic heterocycles. The predicted octanol–water partition coefficient (Wildman–Crippen LogP) is 0.641. The molecule has 0 aliphatic carbocycles. The van der Waals surface area contributed by atoms with Crippen LogP contribution in [-0.4, -0.2) is 69.3 Å². The van der Waals surface area contributed by atoms with Gasteiger partial charge in [0.1, 0.15) is 12.4 Å². The van der Waals surface area contributed by atoms with Gasteiger partial charge in [0.2, 0.25) is 11.8 Å². The lowest BCUT2D eigenvalue weighted by Crippen LogP contribution is -2.41. The molecule has 0 spiro atoms. The van der Waals surface area contributed by atoms with E-state index < -0.39 is 0 Å². The number of rotatable bonds is 6. The molecule has 0 unspecified atom stereocenters. The van der Waals surface area contributed by atoms with Gasteiger partial charge in [-0.1, -0.05) is 12.1 Å². The number of benzene rings is 1. The van der Waals surface area contributed by atoms with E-state index in [0.717, 1.165) is 44.3 Å². The SMILES string of the molecule is O=C(CCC(=O)N1CCOc2ccccc21)NCCN1CCOCC1. The van der Waals surface area contributed by atoms with Crippen molar-refractivity contribution in [3.8, 4) is 5.75 Å². The highest BCUT2D eigenvalue weighted by Crippen LogP contribution is 2.31. The molecule has 136 valence electrons.